The van der Waals surface area contributed by atoms with Crippen LogP contribution in [-0.4, -0.2) is 22.3 Å². The molecule has 0 saturated carbocycles. The van der Waals surface area contributed by atoms with E-state index < -0.39 is 0 Å². The van der Waals surface area contributed by atoms with Crippen LogP contribution in [0.1, 0.15) is 48.3 Å². The summed E-state index contributed by atoms with van der Waals surface area (Å²) >= 11 is 9.85. The van der Waals surface area contributed by atoms with Crippen molar-refractivity contribution in [2.75, 3.05) is 13.2 Å². The molecular formula is C18H22Cr2O2S2. The Morgan fingerprint density at radius 3 is 1.58 bits per heavy atom. The SMILES string of the molecule is CCO[C](=[Cr])CC(c1cccs1)C(C[C](=[Cr])OCC)c1cccs1. The molecule has 24 heavy (non-hydrogen) atoms. The summed E-state index contributed by atoms with van der Waals surface area (Å²) in [5.41, 5.74) is 0. The first-order valence-corrected chi connectivity index (χ1v) is 11.1. The number of ether oxygens (including phenoxy) is 2. The maximum atomic E-state index is 5.71. The van der Waals surface area contributed by atoms with Crippen LogP contribution >= 0.6 is 22.7 Å². The molecule has 0 bridgehead atoms. The van der Waals surface area contributed by atoms with E-state index in [-0.39, 0.29) is 0 Å². The van der Waals surface area contributed by atoms with Gasteiger partial charge in [-0.2, -0.15) is 0 Å². The van der Waals surface area contributed by atoms with Crippen LogP contribution in [0.4, 0.5) is 0 Å². The van der Waals surface area contributed by atoms with E-state index in [1.165, 1.54) is 9.75 Å². The van der Waals surface area contributed by atoms with Gasteiger partial charge in [0.15, 0.2) is 0 Å². The summed E-state index contributed by atoms with van der Waals surface area (Å²) in [6.45, 7) is 5.44. The Hall–Kier alpha value is 0.125. The first-order chi connectivity index (χ1) is 11.7. The molecule has 0 fully saturated rings. The molecule has 0 saturated heterocycles. The molecule has 2 nitrogen and oxygen atoms in total. The van der Waals surface area contributed by atoms with Gasteiger partial charge in [-0.05, 0) is 0 Å². The zero-order chi connectivity index (χ0) is 17.4. The predicted octanol–water partition coefficient (Wildman–Crippen LogP) is 4.88. The van der Waals surface area contributed by atoms with Gasteiger partial charge in [-0.25, -0.2) is 0 Å². The second-order valence-corrected chi connectivity index (χ2v) is 8.64. The minimum atomic E-state index is 0.371. The Morgan fingerprint density at radius 2 is 1.29 bits per heavy atom. The molecule has 2 aromatic heterocycles. The average Bonchev–Trinajstić information content (AvgIpc) is 3.24. The molecule has 2 aromatic rings. The number of hydrogen-bond acceptors (Lipinski definition) is 4. The van der Waals surface area contributed by atoms with E-state index in [0.29, 0.717) is 25.0 Å². The summed E-state index contributed by atoms with van der Waals surface area (Å²) in [7, 11) is 0. The molecular weight excluding hydrogens is 416 g/mol. The van der Waals surface area contributed by atoms with Crippen molar-refractivity contribution in [2.45, 2.75) is 38.5 Å². The molecule has 0 radical (unpaired) electrons. The number of hydrogen-bond donors (Lipinski definition) is 0. The van der Waals surface area contributed by atoms with Crippen LogP contribution in [-0.2, 0) is 41.2 Å². The van der Waals surface area contributed by atoms with Crippen LogP contribution in [0.2, 0.25) is 0 Å². The van der Waals surface area contributed by atoms with Gasteiger partial charge in [-0.3, -0.25) is 0 Å². The van der Waals surface area contributed by atoms with Crippen LogP contribution in [0.5, 0.6) is 0 Å². The normalized spacial score (nSPS) is 13.6. The van der Waals surface area contributed by atoms with Crippen LogP contribution in [0, 0.1) is 0 Å². The Bertz CT molecular complexity index is 567. The van der Waals surface area contributed by atoms with Crippen molar-refractivity contribution < 1.29 is 41.2 Å². The monoisotopic (exact) mass is 438 g/mol. The Kier molecular flexibility index (Phi) is 9.34. The standard InChI is InChI=1S/C18H22O2S2.2Cr/c1-3-19-11-9-15(17-7-5-13-21-17)16(10-12-20-4-2)18-8-6-14-22-18;;/h5-8,13-16H,3-4,9-10H2,1-2H3;;. The molecule has 0 aliphatic rings. The van der Waals surface area contributed by atoms with E-state index in [1.807, 2.05) is 36.5 Å². The first kappa shape index (κ1) is 20.4. The molecule has 2 heterocycles. The van der Waals surface area contributed by atoms with Gasteiger partial charge >= 0.3 is 170 Å². The molecule has 6 heteroatoms. The maximum absolute atomic E-state index is 5.71. The van der Waals surface area contributed by atoms with Gasteiger partial charge in [0.1, 0.15) is 0 Å². The zero-order valence-corrected chi connectivity index (χ0v) is 18.1. The zero-order valence-electron chi connectivity index (χ0n) is 13.9. The molecule has 0 spiro atoms. The average molecular weight is 438 g/mol. The van der Waals surface area contributed by atoms with Gasteiger partial charge < -0.3 is 0 Å². The summed E-state index contributed by atoms with van der Waals surface area (Å²) in [6, 6.07) is 8.72. The van der Waals surface area contributed by atoms with Gasteiger partial charge in [-0.1, -0.05) is 0 Å². The third-order valence-electron chi connectivity index (χ3n) is 3.69. The Balaban J connectivity index is 2.29. The molecule has 0 aromatic carbocycles. The number of rotatable bonds is 11. The molecule has 0 aliphatic carbocycles. The van der Waals surface area contributed by atoms with Crippen LogP contribution < -0.4 is 0 Å². The van der Waals surface area contributed by atoms with Gasteiger partial charge in [-0.15, -0.1) is 0 Å². The van der Waals surface area contributed by atoms with Crippen LogP contribution in [0.15, 0.2) is 35.0 Å². The van der Waals surface area contributed by atoms with Gasteiger partial charge in [0.25, 0.3) is 0 Å². The molecule has 2 unspecified atom stereocenters. The fourth-order valence-corrected chi connectivity index (χ4v) is 5.40. The van der Waals surface area contributed by atoms with Crippen LogP contribution in [0.3, 0.4) is 0 Å². The summed E-state index contributed by atoms with van der Waals surface area (Å²) in [5, 5.41) is 4.30. The number of thiophene rings is 2. The second kappa shape index (κ2) is 11.0. The second-order valence-electron chi connectivity index (χ2n) is 5.26. The summed E-state index contributed by atoms with van der Waals surface area (Å²) in [4.78, 5) is 2.79. The molecule has 0 N–H and O–H groups in total. The van der Waals surface area contributed by atoms with E-state index in [0.717, 1.165) is 22.0 Å². The van der Waals surface area contributed by atoms with E-state index in [2.05, 4.69) is 66.7 Å². The molecule has 2 rings (SSSR count). The van der Waals surface area contributed by atoms with Crippen LogP contribution in [0.25, 0.3) is 0 Å². The molecule has 130 valence electrons. The summed E-state index contributed by atoms with van der Waals surface area (Å²) in [6.07, 6.45) is 1.77. The topological polar surface area (TPSA) is 18.5 Å². The van der Waals surface area contributed by atoms with Gasteiger partial charge in [0, 0.05) is 0 Å². The van der Waals surface area contributed by atoms with E-state index in [1.54, 1.807) is 0 Å². The van der Waals surface area contributed by atoms with E-state index >= 15 is 0 Å². The molecule has 0 amide bonds. The fourth-order valence-electron chi connectivity index (χ4n) is 2.69. The van der Waals surface area contributed by atoms with E-state index in [9.17, 15) is 0 Å². The minimum absolute atomic E-state index is 0.371. The quantitative estimate of drug-likeness (QED) is 0.498. The van der Waals surface area contributed by atoms with Crippen molar-refractivity contribution in [2.24, 2.45) is 0 Å². The van der Waals surface area contributed by atoms with Crippen molar-refractivity contribution in [1.29, 1.82) is 0 Å². The van der Waals surface area contributed by atoms with Gasteiger partial charge in [0.05, 0.1) is 0 Å². The van der Waals surface area contributed by atoms with Crippen molar-refractivity contribution in [3.05, 3.63) is 44.8 Å². The molecule has 0 aliphatic heterocycles. The van der Waals surface area contributed by atoms with Crippen molar-refractivity contribution >= 4 is 31.8 Å². The van der Waals surface area contributed by atoms with Crippen molar-refractivity contribution in [3.8, 4) is 0 Å². The Morgan fingerprint density at radius 1 is 0.875 bits per heavy atom. The summed E-state index contributed by atoms with van der Waals surface area (Å²) in [5.74, 6) is 0.741. The third kappa shape index (κ3) is 6.13. The Labute approximate surface area is 168 Å². The first-order valence-electron chi connectivity index (χ1n) is 8.03. The fraction of sp³-hybridized carbons (Fsp3) is 0.444. The van der Waals surface area contributed by atoms with Gasteiger partial charge in [0.2, 0.25) is 0 Å². The summed E-state index contributed by atoms with van der Waals surface area (Å²) < 4.78 is 13.4. The van der Waals surface area contributed by atoms with Crippen molar-refractivity contribution in [1.82, 2.24) is 0 Å². The molecule has 2 atom stereocenters. The van der Waals surface area contributed by atoms with Crippen molar-refractivity contribution in [3.63, 3.8) is 0 Å². The predicted molar refractivity (Wildman–Crippen MR) is 96.6 cm³/mol. The van der Waals surface area contributed by atoms with E-state index in [4.69, 9.17) is 9.47 Å². The third-order valence-corrected chi connectivity index (χ3v) is 6.58.